The average molecular weight is 478 g/mol. The molecule has 0 aliphatic carbocycles. The van der Waals surface area contributed by atoms with Gasteiger partial charge in [0.15, 0.2) is 0 Å². The first-order valence-electron chi connectivity index (χ1n) is 11.4. The monoisotopic (exact) mass is 477 g/mol. The number of hydrogen-bond acceptors (Lipinski definition) is 5. The summed E-state index contributed by atoms with van der Waals surface area (Å²) in [6.07, 6.45) is 10.3. The Labute approximate surface area is 204 Å². The van der Waals surface area contributed by atoms with Gasteiger partial charge in [0.25, 0.3) is 0 Å². The minimum atomic E-state index is 0.00142. The van der Waals surface area contributed by atoms with E-state index in [-0.39, 0.29) is 18.4 Å². The highest BCUT2D eigenvalue weighted by Gasteiger charge is 2.16. The molecular weight excluding hydrogens is 450 g/mol. The number of carbonyl (C=O) groups is 1. The van der Waals surface area contributed by atoms with Gasteiger partial charge < -0.3 is 14.6 Å². The van der Waals surface area contributed by atoms with Crippen molar-refractivity contribution in [2.45, 2.75) is 46.8 Å². The maximum atomic E-state index is 12.5. The second kappa shape index (κ2) is 10.7. The molecule has 0 atom stereocenters. The number of benzene rings is 1. The molecule has 4 aromatic rings. The van der Waals surface area contributed by atoms with Gasteiger partial charge in [-0.2, -0.15) is 0 Å². The molecule has 3 heterocycles. The van der Waals surface area contributed by atoms with Crippen molar-refractivity contribution < 1.29 is 9.53 Å². The Morgan fingerprint density at radius 2 is 2.03 bits per heavy atom. The number of imidazole rings is 1. The van der Waals surface area contributed by atoms with Gasteiger partial charge >= 0.3 is 0 Å². The number of amides is 1. The third-order valence-electron chi connectivity index (χ3n) is 5.97. The molecular formula is C26H28ClN5O2. The highest BCUT2D eigenvalue weighted by molar-refractivity contribution is 6.31. The molecule has 0 fully saturated rings. The van der Waals surface area contributed by atoms with Crippen molar-refractivity contribution in [2.24, 2.45) is 5.92 Å². The van der Waals surface area contributed by atoms with Gasteiger partial charge in [-0.1, -0.05) is 37.6 Å². The molecule has 0 radical (unpaired) electrons. The third-order valence-corrected chi connectivity index (χ3v) is 6.29. The number of nitrogens with zero attached hydrogens (tertiary/aromatic N) is 4. The van der Waals surface area contributed by atoms with E-state index in [1.54, 1.807) is 24.9 Å². The number of aryl methyl sites for hydroxylation is 1. The first-order chi connectivity index (χ1) is 16.5. The Morgan fingerprint density at radius 3 is 2.76 bits per heavy atom. The summed E-state index contributed by atoms with van der Waals surface area (Å²) in [5, 5.41) is 4.47. The zero-order valence-corrected chi connectivity index (χ0v) is 20.3. The number of hydrogen-bond donors (Lipinski definition) is 1. The smallest absolute Gasteiger partial charge is 0.223 e. The molecule has 4 rings (SSSR count). The maximum Gasteiger partial charge on any atom is 0.223 e. The Kier molecular flexibility index (Phi) is 7.43. The second-order valence-corrected chi connectivity index (χ2v) is 8.59. The minimum Gasteiger partial charge on any atom is -0.487 e. The van der Waals surface area contributed by atoms with Gasteiger partial charge in [0.2, 0.25) is 5.91 Å². The van der Waals surface area contributed by atoms with E-state index in [0.717, 1.165) is 46.3 Å². The van der Waals surface area contributed by atoms with Crippen molar-refractivity contribution in [1.82, 2.24) is 24.8 Å². The largest absolute Gasteiger partial charge is 0.487 e. The third kappa shape index (κ3) is 5.04. The van der Waals surface area contributed by atoms with Gasteiger partial charge in [-0.05, 0) is 37.5 Å². The molecule has 1 aromatic carbocycles. The van der Waals surface area contributed by atoms with E-state index in [2.05, 4.69) is 15.3 Å². The van der Waals surface area contributed by atoms with Crippen LogP contribution in [-0.4, -0.2) is 25.4 Å². The second-order valence-electron chi connectivity index (χ2n) is 8.18. The van der Waals surface area contributed by atoms with Crippen molar-refractivity contribution >= 4 is 28.4 Å². The quantitative estimate of drug-likeness (QED) is 0.348. The molecule has 0 aliphatic rings. The summed E-state index contributed by atoms with van der Waals surface area (Å²) in [7, 11) is 0. The van der Waals surface area contributed by atoms with Crippen molar-refractivity contribution in [3.63, 3.8) is 0 Å². The molecule has 7 nitrogen and oxygen atoms in total. The number of aromatic nitrogens is 4. The average Bonchev–Trinajstić information content (AvgIpc) is 3.37. The van der Waals surface area contributed by atoms with Crippen LogP contribution in [0.25, 0.3) is 16.6 Å². The van der Waals surface area contributed by atoms with Gasteiger partial charge in [-0.3, -0.25) is 9.78 Å². The lowest BCUT2D eigenvalue weighted by atomic mass is 10.0. The summed E-state index contributed by atoms with van der Waals surface area (Å²) >= 11 is 6.48. The van der Waals surface area contributed by atoms with E-state index in [9.17, 15) is 4.79 Å². The number of halogens is 1. The molecule has 0 bridgehead atoms. The van der Waals surface area contributed by atoms with Crippen LogP contribution in [0.3, 0.4) is 0 Å². The molecule has 1 N–H and O–H groups in total. The van der Waals surface area contributed by atoms with E-state index >= 15 is 0 Å². The zero-order chi connectivity index (χ0) is 24.1. The first kappa shape index (κ1) is 23.7. The standard InChI is InChI=1S/C26H28ClN5O2/c1-4-18(5-2)26(33)30-13-19-12-29-14-22(27)21(19)15-34-24-8-6-7-20-23(32-10-9-28-16-32)11-17(3)31-25(20)24/h6-12,14,16,18H,4-5,13,15H2,1-3H3,(H,30,33). The zero-order valence-electron chi connectivity index (χ0n) is 19.6. The van der Waals surface area contributed by atoms with Gasteiger partial charge in [0.05, 0.1) is 17.0 Å². The van der Waals surface area contributed by atoms with E-state index < -0.39 is 0 Å². The summed E-state index contributed by atoms with van der Waals surface area (Å²) in [5.74, 6) is 0.696. The van der Waals surface area contributed by atoms with Gasteiger partial charge in [0, 0.05) is 53.9 Å². The van der Waals surface area contributed by atoms with Crippen molar-refractivity contribution in [3.8, 4) is 11.4 Å². The van der Waals surface area contributed by atoms with Crippen LogP contribution in [-0.2, 0) is 17.9 Å². The Balaban J connectivity index is 1.60. The van der Waals surface area contributed by atoms with Gasteiger partial charge in [0.1, 0.15) is 17.9 Å². The number of fused-ring (bicyclic) bond motifs is 1. The summed E-state index contributed by atoms with van der Waals surface area (Å²) in [5.41, 5.74) is 4.24. The van der Waals surface area contributed by atoms with Gasteiger partial charge in [-0.25, -0.2) is 9.97 Å². The van der Waals surface area contributed by atoms with Crippen molar-refractivity contribution in [3.05, 3.63) is 77.2 Å². The Morgan fingerprint density at radius 1 is 1.21 bits per heavy atom. The van der Waals surface area contributed by atoms with Crippen molar-refractivity contribution in [2.75, 3.05) is 0 Å². The fourth-order valence-electron chi connectivity index (χ4n) is 4.01. The molecule has 176 valence electrons. The van der Waals surface area contributed by atoms with Gasteiger partial charge in [-0.15, -0.1) is 0 Å². The molecule has 8 heteroatoms. The van der Waals surface area contributed by atoms with Crippen LogP contribution in [0.1, 0.15) is 43.5 Å². The topological polar surface area (TPSA) is 81.9 Å². The number of ether oxygens (including phenoxy) is 1. The number of carbonyl (C=O) groups excluding carboxylic acids is 1. The normalized spacial score (nSPS) is 11.2. The van der Waals surface area contributed by atoms with Crippen molar-refractivity contribution in [1.29, 1.82) is 0 Å². The summed E-state index contributed by atoms with van der Waals surface area (Å²) in [4.78, 5) is 25.6. The lowest BCUT2D eigenvalue weighted by Crippen LogP contribution is -2.30. The molecule has 3 aromatic heterocycles. The highest BCUT2D eigenvalue weighted by Crippen LogP contribution is 2.30. The predicted molar refractivity (Wildman–Crippen MR) is 133 cm³/mol. The fourth-order valence-corrected chi connectivity index (χ4v) is 4.24. The maximum absolute atomic E-state index is 12.5. The molecule has 0 saturated heterocycles. The van der Waals surface area contributed by atoms with E-state index in [1.807, 2.05) is 55.8 Å². The number of para-hydroxylation sites is 1. The van der Waals surface area contributed by atoms with Crippen LogP contribution in [0.2, 0.25) is 5.02 Å². The van der Waals surface area contributed by atoms with E-state index in [4.69, 9.17) is 21.3 Å². The number of rotatable bonds is 9. The fraction of sp³-hybridized carbons (Fsp3) is 0.308. The summed E-state index contributed by atoms with van der Waals surface area (Å²) < 4.78 is 8.20. The van der Waals surface area contributed by atoms with E-state index in [0.29, 0.717) is 17.3 Å². The SMILES string of the molecule is CCC(CC)C(=O)NCc1cncc(Cl)c1COc1cccc2c(-n3ccnc3)cc(C)nc12. The van der Waals surface area contributed by atoms with E-state index in [1.165, 1.54) is 0 Å². The lowest BCUT2D eigenvalue weighted by Gasteiger charge is -2.16. The minimum absolute atomic E-state index is 0.00142. The highest BCUT2D eigenvalue weighted by atomic mass is 35.5. The van der Waals surface area contributed by atoms with Crippen LogP contribution in [0.15, 0.2) is 55.4 Å². The Bertz CT molecular complexity index is 1290. The van der Waals surface area contributed by atoms with Crippen LogP contribution in [0.4, 0.5) is 0 Å². The number of pyridine rings is 2. The predicted octanol–water partition coefficient (Wildman–Crippen LogP) is 5.41. The molecule has 0 unspecified atom stereocenters. The molecule has 34 heavy (non-hydrogen) atoms. The van der Waals surface area contributed by atoms with Crippen LogP contribution in [0.5, 0.6) is 5.75 Å². The molecule has 0 saturated carbocycles. The Hall–Kier alpha value is -3.45. The number of nitrogens with one attached hydrogen (secondary N) is 1. The van der Waals surface area contributed by atoms with Crippen LogP contribution in [0, 0.1) is 12.8 Å². The lowest BCUT2D eigenvalue weighted by molar-refractivity contribution is -0.125. The molecule has 1 amide bonds. The summed E-state index contributed by atoms with van der Waals surface area (Å²) in [6.45, 7) is 6.57. The molecule has 0 spiro atoms. The molecule has 0 aliphatic heterocycles. The first-order valence-corrected chi connectivity index (χ1v) is 11.8. The summed E-state index contributed by atoms with van der Waals surface area (Å²) in [6, 6.07) is 7.88. The van der Waals surface area contributed by atoms with Crippen LogP contribution < -0.4 is 10.1 Å². The van der Waals surface area contributed by atoms with Crippen LogP contribution >= 0.6 is 11.6 Å².